The van der Waals surface area contributed by atoms with Crippen molar-refractivity contribution < 1.29 is 9.63 Å². The van der Waals surface area contributed by atoms with E-state index >= 15 is 0 Å². The number of hydroxylamine groups is 2. The summed E-state index contributed by atoms with van der Waals surface area (Å²) in [4.78, 5) is 16.4. The van der Waals surface area contributed by atoms with Gasteiger partial charge < -0.3 is 0 Å². The minimum absolute atomic E-state index is 0.214. The van der Waals surface area contributed by atoms with Gasteiger partial charge in [-0.25, -0.2) is 5.06 Å². The average Bonchev–Trinajstić information content (AvgIpc) is 2.20. The lowest BCUT2D eigenvalue weighted by Gasteiger charge is -2.13. The van der Waals surface area contributed by atoms with Gasteiger partial charge in [0.25, 0.3) is 5.91 Å². The van der Waals surface area contributed by atoms with Crippen LogP contribution in [0.1, 0.15) is 15.9 Å². The van der Waals surface area contributed by atoms with Crippen LogP contribution in [0.3, 0.4) is 0 Å². The van der Waals surface area contributed by atoms with E-state index in [1.165, 1.54) is 7.11 Å². The summed E-state index contributed by atoms with van der Waals surface area (Å²) in [5.41, 5.74) is 1.47. The Bertz CT molecular complexity index is 352. The molecule has 76 valence electrons. The van der Waals surface area contributed by atoms with E-state index in [-0.39, 0.29) is 5.91 Å². The van der Waals surface area contributed by atoms with E-state index in [0.29, 0.717) is 10.6 Å². The summed E-state index contributed by atoms with van der Waals surface area (Å²) >= 11 is 5.89. The summed E-state index contributed by atoms with van der Waals surface area (Å²) in [6, 6.07) is 5.16. The lowest BCUT2D eigenvalue weighted by molar-refractivity contribution is -0.0756. The fourth-order valence-electron chi connectivity index (χ4n) is 0.991. The van der Waals surface area contributed by atoms with E-state index in [4.69, 9.17) is 16.4 Å². The zero-order valence-electron chi connectivity index (χ0n) is 8.37. The molecule has 0 bridgehead atoms. The minimum atomic E-state index is -0.214. The predicted molar refractivity (Wildman–Crippen MR) is 55.3 cm³/mol. The number of benzene rings is 1. The molecule has 0 aliphatic carbocycles. The van der Waals surface area contributed by atoms with E-state index in [0.717, 1.165) is 10.6 Å². The first-order valence-corrected chi connectivity index (χ1v) is 4.52. The highest BCUT2D eigenvalue weighted by Gasteiger charge is 2.11. The van der Waals surface area contributed by atoms with Gasteiger partial charge in [0.1, 0.15) is 0 Å². The number of carbonyl (C=O) groups is 1. The molecule has 3 nitrogen and oxygen atoms in total. The number of halogens is 1. The number of carbonyl (C=O) groups excluding carboxylic acids is 1. The Labute approximate surface area is 88.2 Å². The van der Waals surface area contributed by atoms with Crippen LogP contribution in [0.5, 0.6) is 0 Å². The summed E-state index contributed by atoms with van der Waals surface area (Å²) in [5, 5.41) is 1.74. The second-order valence-electron chi connectivity index (χ2n) is 2.95. The minimum Gasteiger partial charge on any atom is -0.274 e. The van der Waals surface area contributed by atoms with Crippen LogP contribution in [0.15, 0.2) is 18.2 Å². The third kappa shape index (κ3) is 2.25. The van der Waals surface area contributed by atoms with Crippen LogP contribution in [0.25, 0.3) is 0 Å². The highest BCUT2D eigenvalue weighted by atomic mass is 35.5. The fourth-order valence-corrected chi connectivity index (χ4v) is 1.17. The SMILES string of the molecule is CON(C)C(=O)c1ccc(C)c(Cl)c1. The van der Waals surface area contributed by atoms with Gasteiger partial charge in [0.05, 0.1) is 7.11 Å². The quantitative estimate of drug-likeness (QED) is 0.706. The van der Waals surface area contributed by atoms with E-state index in [1.807, 2.05) is 6.92 Å². The van der Waals surface area contributed by atoms with Crippen molar-refractivity contribution in [2.24, 2.45) is 0 Å². The van der Waals surface area contributed by atoms with Crippen molar-refractivity contribution in [2.45, 2.75) is 6.92 Å². The maximum Gasteiger partial charge on any atom is 0.277 e. The topological polar surface area (TPSA) is 29.5 Å². The van der Waals surface area contributed by atoms with Gasteiger partial charge in [0, 0.05) is 17.6 Å². The Balaban J connectivity index is 2.97. The third-order valence-electron chi connectivity index (χ3n) is 1.98. The standard InChI is InChI=1S/C10H12ClNO2/c1-7-4-5-8(6-9(7)11)10(13)12(2)14-3/h4-6H,1-3H3. The van der Waals surface area contributed by atoms with Crippen molar-refractivity contribution in [1.82, 2.24) is 5.06 Å². The third-order valence-corrected chi connectivity index (χ3v) is 2.39. The summed E-state index contributed by atoms with van der Waals surface area (Å²) in [6.45, 7) is 1.89. The highest BCUT2D eigenvalue weighted by molar-refractivity contribution is 6.31. The van der Waals surface area contributed by atoms with Crippen LogP contribution in [-0.4, -0.2) is 25.1 Å². The summed E-state index contributed by atoms with van der Waals surface area (Å²) < 4.78 is 0. The molecule has 0 N–H and O–H groups in total. The maximum atomic E-state index is 11.6. The van der Waals surface area contributed by atoms with Gasteiger partial charge in [-0.1, -0.05) is 17.7 Å². The molecule has 1 aromatic rings. The number of hydrogen-bond donors (Lipinski definition) is 0. The smallest absolute Gasteiger partial charge is 0.274 e. The largest absolute Gasteiger partial charge is 0.277 e. The lowest BCUT2D eigenvalue weighted by Crippen LogP contribution is -2.25. The second kappa shape index (κ2) is 4.44. The van der Waals surface area contributed by atoms with Gasteiger partial charge >= 0.3 is 0 Å². The van der Waals surface area contributed by atoms with Gasteiger partial charge in [-0.2, -0.15) is 0 Å². The molecule has 0 aliphatic heterocycles. The molecular weight excluding hydrogens is 202 g/mol. The Morgan fingerprint density at radius 1 is 1.50 bits per heavy atom. The average molecular weight is 214 g/mol. The molecule has 0 heterocycles. The number of hydrogen-bond acceptors (Lipinski definition) is 2. The van der Waals surface area contributed by atoms with E-state index in [2.05, 4.69) is 0 Å². The monoisotopic (exact) mass is 213 g/mol. The van der Waals surface area contributed by atoms with Crippen molar-refractivity contribution in [2.75, 3.05) is 14.2 Å². The van der Waals surface area contributed by atoms with Crippen molar-refractivity contribution in [3.05, 3.63) is 34.3 Å². The highest BCUT2D eigenvalue weighted by Crippen LogP contribution is 2.17. The van der Waals surface area contributed by atoms with Crippen LogP contribution in [0.4, 0.5) is 0 Å². The van der Waals surface area contributed by atoms with E-state index in [1.54, 1.807) is 25.2 Å². The van der Waals surface area contributed by atoms with Crippen molar-refractivity contribution in [3.63, 3.8) is 0 Å². The zero-order valence-corrected chi connectivity index (χ0v) is 9.13. The van der Waals surface area contributed by atoms with Gasteiger partial charge in [0.2, 0.25) is 0 Å². The van der Waals surface area contributed by atoms with Gasteiger partial charge in [-0.3, -0.25) is 9.63 Å². The first kappa shape index (κ1) is 11.0. The van der Waals surface area contributed by atoms with Crippen molar-refractivity contribution in [3.8, 4) is 0 Å². The molecule has 1 rings (SSSR count). The number of aryl methyl sites for hydroxylation is 1. The molecule has 0 saturated heterocycles. The van der Waals surface area contributed by atoms with Crippen LogP contribution < -0.4 is 0 Å². The normalized spacial score (nSPS) is 10.0. The van der Waals surface area contributed by atoms with Crippen LogP contribution in [0, 0.1) is 6.92 Å². The molecule has 1 aromatic carbocycles. The molecule has 14 heavy (non-hydrogen) atoms. The predicted octanol–water partition coefficient (Wildman–Crippen LogP) is 2.28. The molecule has 0 aliphatic rings. The summed E-state index contributed by atoms with van der Waals surface area (Å²) in [5.74, 6) is -0.214. The molecule has 0 atom stereocenters. The summed E-state index contributed by atoms with van der Waals surface area (Å²) in [7, 11) is 2.99. The molecular formula is C10H12ClNO2. The summed E-state index contributed by atoms with van der Waals surface area (Å²) in [6.07, 6.45) is 0. The molecule has 0 radical (unpaired) electrons. The van der Waals surface area contributed by atoms with Gasteiger partial charge in [-0.15, -0.1) is 0 Å². The molecule has 0 saturated carbocycles. The number of amides is 1. The first-order valence-electron chi connectivity index (χ1n) is 4.14. The van der Waals surface area contributed by atoms with Crippen molar-refractivity contribution in [1.29, 1.82) is 0 Å². The molecule has 0 fully saturated rings. The molecule has 0 spiro atoms. The first-order chi connectivity index (χ1) is 6.56. The Morgan fingerprint density at radius 3 is 2.64 bits per heavy atom. The molecule has 0 unspecified atom stereocenters. The molecule has 0 aromatic heterocycles. The Hall–Kier alpha value is -1.06. The van der Waals surface area contributed by atoms with Crippen LogP contribution in [-0.2, 0) is 4.84 Å². The van der Waals surface area contributed by atoms with E-state index in [9.17, 15) is 4.79 Å². The number of nitrogens with zero attached hydrogens (tertiary/aromatic N) is 1. The van der Waals surface area contributed by atoms with Crippen LogP contribution in [0.2, 0.25) is 5.02 Å². The van der Waals surface area contributed by atoms with Crippen LogP contribution >= 0.6 is 11.6 Å². The lowest BCUT2D eigenvalue weighted by atomic mass is 10.1. The zero-order chi connectivity index (χ0) is 10.7. The van der Waals surface area contributed by atoms with Gasteiger partial charge in [0.15, 0.2) is 0 Å². The Kier molecular flexibility index (Phi) is 3.49. The Morgan fingerprint density at radius 2 is 2.14 bits per heavy atom. The maximum absolute atomic E-state index is 11.6. The van der Waals surface area contributed by atoms with Crippen molar-refractivity contribution >= 4 is 17.5 Å². The fraction of sp³-hybridized carbons (Fsp3) is 0.300. The van der Waals surface area contributed by atoms with Gasteiger partial charge in [-0.05, 0) is 24.6 Å². The molecule has 1 amide bonds. The number of rotatable bonds is 2. The van der Waals surface area contributed by atoms with E-state index < -0.39 is 0 Å². The second-order valence-corrected chi connectivity index (χ2v) is 3.36. The molecule has 4 heteroatoms.